The summed E-state index contributed by atoms with van der Waals surface area (Å²) in [6.45, 7) is 15.5. The molecule has 0 aromatic rings. The van der Waals surface area contributed by atoms with E-state index in [1.165, 1.54) is 46.3 Å². The molecule has 0 saturated heterocycles. The molecule has 1 aliphatic rings. The van der Waals surface area contributed by atoms with E-state index >= 15 is 0 Å². The molecular formula is C36H56O2. The van der Waals surface area contributed by atoms with Gasteiger partial charge in [-0.1, -0.05) is 82.0 Å². The van der Waals surface area contributed by atoms with Crippen LogP contribution in [-0.4, -0.2) is 22.4 Å². The Bertz CT molecular complexity index is 942. The molecule has 0 aromatic heterocycles. The van der Waals surface area contributed by atoms with Gasteiger partial charge >= 0.3 is 0 Å². The van der Waals surface area contributed by atoms with Gasteiger partial charge < -0.3 is 10.2 Å². The minimum Gasteiger partial charge on any atom is -0.385 e. The molecule has 2 atom stereocenters. The molecule has 2 unspecified atom stereocenters. The zero-order valence-corrected chi connectivity index (χ0v) is 25.5. The fourth-order valence-corrected chi connectivity index (χ4v) is 4.48. The van der Waals surface area contributed by atoms with E-state index < -0.39 is 12.2 Å². The molecule has 1 rings (SSSR count). The summed E-state index contributed by atoms with van der Waals surface area (Å²) in [4.78, 5) is 0. The number of hydrogen-bond donors (Lipinski definition) is 2. The molecule has 212 valence electrons. The van der Waals surface area contributed by atoms with Gasteiger partial charge in [-0.3, -0.25) is 0 Å². The highest BCUT2D eigenvalue weighted by Gasteiger charge is 2.12. The molecule has 2 heteroatoms. The predicted octanol–water partition coefficient (Wildman–Crippen LogP) is 10.2. The zero-order chi connectivity index (χ0) is 28.3. The molecule has 38 heavy (non-hydrogen) atoms. The standard InChI is InChI=1S/C36H56O2/c1-28(2)13-8-14-29(3)15-9-16-30(4)17-10-18-31(5)19-11-20-32(6)21-12-22-33(7)23-24-34-27-35(37)25-26-36(34)38/h13,15,17,19,21,23,25-27,35-38H,8-12,14,16,18,20,22,24H2,1-7H3. The SMILES string of the molecule is CC(C)=CCCC(C)=CCCC(C)=CCCC(C)=CCCC(C)=CCCC(C)=CCC1=CC(O)C=CC1O. The quantitative estimate of drug-likeness (QED) is 0.187. The molecule has 0 fully saturated rings. The molecule has 0 bridgehead atoms. The Labute approximate surface area is 235 Å². The van der Waals surface area contributed by atoms with Crippen molar-refractivity contribution in [1.29, 1.82) is 0 Å². The Morgan fingerprint density at radius 2 is 0.921 bits per heavy atom. The average molecular weight is 521 g/mol. The van der Waals surface area contributed by atoms with Crippen molar-refractivity contribution < 1.29 is 10.2 Å². The summed E-state index contributed by atoms with van der Waals surface area (Å²) in [5.41, 5.74) is 9.60. The van der Waals surface area contributed by atoms with Crippen molar-refractivity contribution in [1.82, 2.24) is 0 Å². The normalized spacial score (nSPS) is 19.6. The van der Waals surface area contributed by atoms with Gasteiger partial charge in [0.15, 0.2) is 0 Å². The van der Waals surface area contributed by atoms with Crippen molar-refractivity contribution in [3.8, 4) is 0 Å². The van der Waals surface area contributed by atoms with Crippen molar-refractivity contribution in [3.05, 3.63) is 93.7 Å². The van der Waals surface area contributed by atoms with Crippen molar-refractivity contribution >= 4 is 0 Å². The van der Waals surface area contributed by atoms with E-state index in [2.05, 4.69) is 84.9 Å². The third-order valence-electron chi connectivity index (χ3n) is 7.16. The molecule has 0 saturated carbocycles. The molecule has 2 N–H and O–H groups in total. The van der Waals surface area contributed by atoms with Crippen molar-refractivity contribution in [3.63, 3.8) is 0 Å². The Hall–Kier alpha value is -2.16. The zero-order valence-electron chi connectivity index (χ0n) is 25.5. The van der Waals surface area contributed by atoms with Crippen LogP contribution in [0.2, 0.25) is 0 Å². The number of hydrogen-bond acceptors (Lipinski definition) is 2. The smallest absolute Gasteiger partial charge is 0.0936 e. The van der Waals surface area contributed by atoms with Crippen LogP contribution < -0.4 is 0 Å². The summed E-state index contributed by atoms with van der Waals surface area (Å²) in [6, 6.07) is 0. The monoisotopic (exact) mass is 520 g/mol. The number of rotatable bonds is 17. The molecular weight excluding hydrogens is 464 g/mol. The lowest BCUT2D eigenvalue weighted by molar-refractivity contribution is 0.228. The summed E-state index contributed by atoms with van der Waals surface area (Å²) in [5, 5.41) is 19.7. The van der Waals surface area contributed by atoms with Gasteiger partial charge in [0.2, 0.25) is 0 Å². The lowest BCUT2D eigenvalue weighted by atomic mass is 9.97. The first-order valence-corrected chi connectivity index (χ1v) is 14.7. The third-order valence-corrected chi connectivity index (χ3v) is 7.16. The molecule has 0 spiro atoms. The van der Waals surface area contributed by atoms with Crippen LogP contribution in [0.3, 0.4) is 0 Å². The molecule has 0 amide bonds. The lowest BCUT2D eigenvalue weighted by Crippen LogP contribution is -2.15. The van der Waals surface area contributed by atoms with Crippen LogP contribution in [0.1, 0.15) is 119 Å². The minimum atomic E-state index is -0.574. The van der Waals surface area contributed by atoms with Gasteiger partial charge in [0.1, 0.15) is 0 Å². The van der Waals surface area contributed by atoms with Crippen LogP contribution in [0.5, 0.6) is 0 Å². The Balaban J connectivity index is 2.26. The fourth-order valence-electron chi connectivity index (χ4n) is 4.48. The first-order chi connectivity index (χ1) is 18.1. The Morgan fingerprint density at radius 3 is 1.32 bits per heavy atom. The number of aliphatic hydroxyl groups excluding tert-OH is 2. The third kappa shape index (κ3) is 17.4. The summed E-state index contributed by atoms with van der Waals surface area (Å²) in [5.74, 6) is 0. The van der Waals surface area contributed by atoms with E-state index in [1.54, 1.807) is 18.2 Å². The van der Waals surface area contributed by atoms with Gasteiger partial charge in [0, 0.05) is 0 Å². The van der Waals surface area contributed by atoms with Crippen molar-refractivity contribution in [2.24, 2.45) is 0 Å². The van der Waals surface area contributed by atoms with E-state index in [9.17, 15) is 10.2 Å². The van der Waals surface area contributed by atoms with E-state index in [4.69, 9.17) is 0 Å². The van der Waals surface area contributed by atoms with Crippen LogP contribution in [-0.2, 0) is 0 Å². The molecule has 0 aromatic carbocycles. The summed E-state index contributed by atoms with van der Waals surface area (Å²) in [7, 11) is 0. The molecule has 1 aliphatic carbocycles. The topological polar surface area (TPSA) is 40.5 Å². The summed E-state index contributed by atoms with van der Waals surface area (Å²) < 4.78 is 0. The van der Waals surface area contributed by atoms with Crippen LogP contribution in [0, 0.1) is 0 Å². The average Bonchev–Trinajstić information content (AvgIpc) is 2.84. The highest BCUT2D eigenvalue weighted by atomic mass is 16.3. The van der Waals surface area contributed by atoms with Crippen LogP contribution in [0.15, 0.2) is 93.7 Å². The lowest BCUT2D eigenvalue weighted by Gasteiger charge is -2.16. The van der Waals surface area contributed by atoms with E-state index in [-0.39, 0.29) is 0 Å². The van der Waals surface area contributed by atoms with E-state index in [0.717, 1.165) is 56.9 Å². The van der Waals surface area contributed by atoms with Gasteiger partial charge in [0.05, 0.1) is 12.2 Å². The van der Waals surface area contributed by atoms with Crippen molar-refractivity contribution in [2.45, 2.75) is 131 Å². The first-order valence-electron chi connectivity index (χ1n) is 14.7. The van der Waals surface area contributed by atoms with E-state index in [1.807, 2.05) is 0 Å². The second kappa shape index (κ2) is 19.8. The van der Waals surface area contributed by atoms with Gasteiger partial charge in [-0.15, -0.1) is 0 Å². The second-order valence-corrected chi connectivity index (χ2v) is 11.5. The highest BCUT2D eigenvalue weighted by Crippen LogP contribution is 2.19. The van der Waals surface area contributed by atoms with Crippen molar-refractivity contribution in [2.75, 3.05) is 0 Å². The number of allylic oxidation sites excluding steroid dienone is 12. The first kappa shape index (κ1) is 33.9. The maximum Gasteiger partial charge on any atom is 0.0936 e. The van der Waals surface area contributed by atoms with E-state index in [0.29, 0.717) is 6.42 Å². The van der Waals surface area contributed by atoms with Gasteiger partial charge in [-0.25, -0.2) is 0 Å². The van der Waals surface area contributed by atoms with Crippen LogP contribution in [0.4, 0.5) is 0 Å². The number of aliphatic hydroxyl groups is 2. The summed E-state index contributed by atoms with van der Waals surface area (Å²) in [6.07, 6.45) is 30.0. The van der Waals surface area contributed by atoms with Gasteiger partial charge in [-0.05, 0) is 131 Å². The summed E-state index contributed by atoms with van der Waals surface area (Å²) >= 11 is 0. The Kier molecular flexibility index (Phi) is 17.7. The van der Waals surface area contributed by atoms with Crippen LogP contribution in [0.25, 0.3) is 0 Å². The minimum absolute atomic E-state index is 0.569. The van der Waals surface area contributed by atoms with Gasteiger partial charge in [0.25, 0.3) is 0 Å². The maximum atomic E-state index is 10.0. The molecule has 2 nitrogen and oxygen atoms in total. The fraction of sp³-hybridized carbons (Fsp3) is 0.556. The largest absolute Gasteiger partial charge is 0.385 e. The maximum absolute atomic E-state index is 10.0. The van der Waals surface area contributed by atoms with Gasteiger partial charge in [-0.2, -0.15) is 0 Å². The molecule has 0 radical (unpaired) electrons. The molecule has 0 heterocycles. The Morgan fingerprint density at radius 1 is 0.553 bits per heavy atom. The highest BCUT2D eigenvalue weighted by molar-refractivity contribution is 5.27. The van der Waals surface area contributed by atoms with Crippen LogP contribution >= 0.6 is 0 Å². The molecule has 0 aliphatic heterocycles. The second-order valence-electron chi connectivity index (χ2n) is 11.5. The predicted molar refractivity (Wildman–Crippen MR) is 168 cm³/mol.